The number of sulfonamides is 1. The maximum Gasteiger partial charge on any atom is 0.263 e. The van der Waals surface area contributed by atoms with Crippen LogP contribution in [0.15, 0.2) is 78.0 Å². The van der Waals surface area contributed by atoms with E-state index >= 15 is 0 Å². The fraction of sp³-hybridized carbons (Fsp3) is 0.344. The number of anilines is 1. The van der Waals surface area contributed by atoms with Gasteiger partial charge in [-0.05, 0) is 86.7 Å². The van der Waals surface area contributed by atoms with Crippen LogP contribution < -0.4 is 9.46 Å². The Hall–Kier alpha value is -3.78. The summed E-state index contributed by atoms with van der Waals surface area (Å²) < 4.78 is 38.6. The Kier molecular flexibility index (Phi) is 7.75. The quantitative estimate of drug-likeness (QED) is 0.228. The van der Waals surface area contributed by atoms with Gasteiger partial charge in [0.05, 0.1) is 10.5 Å². The molecule has 0 radical (unpaired) electrons. The number of benzene rings is 3. The summed E-state index contributed by atoms with van der Waals surface area (Å²) >= 11 is 0.942. The first-order valence-corrected chi connectivity index (χ1v) is 16.4. The summed E-state index contributed by atoms with van der Waals surface area (Å²) in [4.78, 5) is 5.99. The summed E-state index contributed by atoms with van der Waals surface area (Å²) in [6.45, 7) is 0.826. The summed E-state index contributed by atoms with van der Waals surface area (Å²) in [5.41, 5.74) is 5.85. The fourth-order valence-electron chi connectivity index (χ4n) is 6.66. The Morgan fingerprint density at radius 2 is 1.81 bits per heavy atom. The van der Waals surface area contributed by atoms with Crippen molar-refractivity contribution in [2.75, 3.05) is 25.4 Å². The molecule has 0 fully saturated rings. The monoisotopic (exact) mass is 599 g/mol. The molecule has 1 atom stereocenters. The highest BCUT2D eigenvalue weighted by Crippen LogP contribution is 2.58. The van der Waals surface area contributed by atoms with Crippen molar-refractivity contribution in [2.45, 2.75) is 54.4 Å². The minimum atomic E-state index is -3.93. The van der Waals surface area contributed by atoms with Gasteiger partial charge in [-0.25, -0.2) is 13.4 Å². The molecular weight excluding hydrogens is 567 g/mol. The van der Waals surface area contributed by atoms with Crippen molar-refractivity contribution in [3.05, 3.63) is 101 Å². The fourth-order valence-corrected chi connectivity index (χ4v) is 8.35. The minimum absolute atomic E-state index is 0.0301. The van der Waals surface area contributed by atoms with Crippen LogP contribution in [0, 0.1) is 11.3 Å². The van der Waals surface area contributed by atoms with E-state index in [9.17, 15) is 13.7 Å². The molecule has 8 nitrogen and oxygen atoms in total. The molecule has 0 amide bonds. The molecule has 1 unspecified atom stereocenters. The van der Waals surface area contributed by atoms with E-state index in [2.05, 4.69) is 73.6 Å². The van der Waals surface area contributed by atoms with Gasteiger partial charge in [0.2, 0.25) is 5.13 Å². The second-order valence-electron chi connectivity index (χ2n) is 11.3. The normalized spacial score (nSPS) is 19.5. The van der Waals surface area contributed by atoms with Gasteiger partial charge < -0.3 is 9.64 Å². The third-order valence-corrected chi connectivity index (χ3v) is 10.7. The van der Waals surface area contributed by atoms with Gasteiger partial charge in [-0.2, -0.15) is 9.64 Å². The molecule has 4 aromatic rings. The molecule has 3 aromatic carbocycles. The second kappa shape index (κ2) is 11.5. The SMILES string of the molecule is CN(C)CCC(CCC12CCC(c3ccccc31)c1ccccc12)Oc1ccc(S(=O)(=O)Nc2ncns2)cc1C#N. The lowest BCUT2D eigenvalue weighted by Gasteiger charge is -2.50. The summed E-state index contributed by atoms with van der Waals surface area (Å²) in [5.74, 6) is 0.844. The van der Waals surface area contributed by atoms with Crippen LogP contribution >= 0.6 is 11.5 Å². The number of nitriles is 1. The Bertz CT molecular complexity index is 1680. The Balaban J connectivity index is 1.28. The van der Waals surface area contributed by atoms with Gasteiger partial charge >= 0.3 is 0 Å². The average molecular weight is 600 g/mol. The Morgan fingerprint density at radius 1 is 1.10 bits per heavy atom. The highest BCUT2D eigenvalue weighted by Gasteiger charge is 2.47. The molecule has 42 heavy (non-hydrogen) atoms. The van der Waals surface area contributed by atoms with Crippen molar-refractivity contribution < 1.29 is 13.2 Å². The van der Waals surface area contributed by atoms with Crippen LogP contribution in [0.4, 0.5) is 5.13 Å². The highest BCUT2D eigenvalue weighted by molar-refractivity contribution is 7.93. The summed E-state index contributed by atoms with van der Waals surface area (Å²) in [6, 6.07) is 24.3. The van der Waals surface area contributed by atoms with E-state index in [0.29, 0.717) is 11.7 Å². The smallest absolute Gasteiger partial charge is 0.263 e. The lowest BCUT2D eigenvalue weighted by Crippen LogP contribution is -2.41. The van der Waals surface area contributed by atoms with Gasteiger partial charge in [0.15, 0.2) is 0 Å². The first kappa shape index (κ1) is 28.3. The third-order valence-electron chi connectivity index (χ3n) is 8.61. The van der Waals surface area contributed by atoms with Crippen LogP contribution in [0.5, 0.6) is 5.75 Å². The predicted molar refractivity (Wildman–Crippen MR) is 163 cm³/mol. The molecule has 2 bridgehead atoms. The highest BCUT2D eigenvalue weighted by atomic mass is 32.2. The summed E-state index contributed by atoms with van der Waals surface area (Å²) in [7, 11) is 0.149. The van der Waals surface area contributed by atoms with E-state index in [1.54, 1.807) is 6.07 Å². The zero-order chi connectivity index (χ0) is 29.3. The Morgan fingerprint density at radius 3 is 2.45 bits per heavy atom. The first-order valence-electron chi connectivity index (χ1n) is 14.1. The molecule has 0 saturated carbocycles. The Labute approximate surface area is 251 Å². The van der Waals surface area contributed by atoms with Gasteiger partial charge in [-0.3, -0.25) is 4.72 Å². The molecule has 0 aliphatic heterocycles. The molecule has 3 aliphatic carbocycles. The first-order chi connectivity index (χ1) is 20.3. The van der Waals surface area contributed by atoms with E-state index in [1.807, 2.05) is 14.1 Å². The molecule has 216 valence electrons. The van der Waals surface area contributed by atoms with E-state index in [-0.39, 0.29) is 27.1 Å². The van der Waals surface area contributed by atoms with Gasteiger partial charge in [-0.15, -0.1) is 0 Å². The van der Waals surface area contributed by atoms with Crippen molar-refractivity contribution in [2.24, 2.45) is 0 Å². The predicted octanol–water partition coefficient (Wildman–Crippen LogP) is 5.92. The van der Waals surface area contributed by atoms with Gasteiger partial charge in [0, 0.05) is 29.4 Å². The van der Waals surface area contributed by atoms with Crippen LogP contribution in [0.3, 0.4) is 0 Å². The lowest BCUT2D eigenvalue weighted by molar-refractivity contribution is 0.152. The number of ether oxygens (including phenoxy) is 1. The van der Waals surface area contributed by atoms with Crippen LogP contribution in [0.2, 0.25) is 0 Å². The van der Waals surface area contributed by atoms with Crippen molar-refractivity contribution in [1.82, 2.24) is 14.3 Å². The average Bonchev–Trinajstić information content (AvgIpc) is 3.51. The number of hydrogen-bond acceptors (Lipinski definition) is 8. The summed E-state index contributed by atoms with van der Waals surface area (Å²) in [6.07, 6.45) is 5.86. The third kappa shape index (κ3) is 5.28. The van der Waals surface area contributed by atoms with E-state index in [1.165, 1.54) is 40.7 Å². The largest absolute Gasteiger partial charge is 0.489 e. The lowest BCUT2D eigenvalue weighted by atomic mass is 9.54. The van der Waals surface area contributed by atoms with E-state index < -0.39 is 10.0 Å². The molecule has 1 aromatic heterocycles. The molecule has 1 heterocycles. The molecule has 0 spiro atoms. The number of fused-ring (bicyclic) bond motifs is 1. The second-order valence-corrected chi connectivity index (χ2v) is 13.8. The number of nitrogens with zero attached hydrogens (tertiary/aromatic N) is 4. The van der Waals surface area contributed by atoms with Crippen LogP contribution in [-0.2, 0) is 15.4 Å². The van der Waals surface area contributed by atoms with Crippen molar-refractivity contribution >= 4 is 26.7 Å². The maximum absolute atomic E-state index is 12.9. The molecular formula is C32H33N5O3S2. The molecule has 7 rings (SSSR count). The zero-order valence-electron chi connectivity index (χ0n) is 23.7. The van der Waals surface area contributed by atoms with Gasteiger partial charge in [0.1, 0.15) is 24.3 Å². The van der Waals surface area contributed by atoms with Crippen LogP contribution in [0.1, 0.15) is 65.8 Å². The van der Waals surface area contributed by atoms with Crippen molar-refractivity contribution in [3.63, 3.8) is 0 Å². The molecule has 0 saturated heterocycles. The summed E-state index contributed by atoms with van der Waals surface area (Å²) in [5, 5.41) is 10.1. The molecule has 10 heteroatoms. The van der Waals surface area contributed by atoms with Gasteiger partial charge in [-0.1, -0.05) is 48.5 Å². The van der Waals surface area contributed by atoms with E-state index in [0.717, 1.165) is 50.2 Å². The molecule has 3 aliphatic rings. The number of nitrogens with one attached hydrogen (secondary N) is 1. The van der Waals surface area contributed by atoms with Crippen molar-refractivity contribution in [1.29, 1.82) is 5.26 Å². The number of aromatic nitrogens is 2. The number of rotatable bonds is 11. The van der Waals surface area contributed by atoms with E-state index in [4.69, 9.17) is 4.74 Å². The minimum Gasteiger partial charge on any atom is -0.489 e. The van der Waals surface area contributed by atoms with Gasteiger partial charge in [0.25, 0.3) is 10.0 Å². The van der Waals surface area contributed by atoms with Crippen LogP contribution in [-0.4, -0.2) is 49.4 Å². The zero-order valence-corrected chi connectivity index (χ0v) is 25.3. The van der Waals surface area contributed by atoms with Crippen molar-refractivity contribution in [3.8, 4) is 11.8 Å². The standard InChI is InChI=1S/C32H33N5O3S2/c1-37(2)18-15-23(40-30-12-11-24(19-22(30)20-33)42(38,39)36-31-34-21-35-41-31)13-16-32-17-14-25(26-7-3-5-9-28(26)32)27-8-4-6-10-29(27)32/h3-12,19,21,23,25H,13-18H2,1-2H3,(H,34,35,36). The number of hydrogen-bond donors (Lipinski definition) is 1. The topological polar surface area (TPSA) is 108 Å². The maximum atomic E-state index is 12.9. The van der Waals surface area contributed by atoms with Crippen LogP contribution in [0.25, 0.3) is 0 Å². The molecule has 1 N–H and O–H groups in total.